The van der Waals surface area contributed by atoms with Crippen molar-refractivity contribution in [3.05, 3.63) is 65.2 Å². The number of benzene rings is 2. The highest BCUT2D eigenvalue weighted by Crippen LogP contribution is 2.35. The Bertz CT molecular complexity index is 644. The van der Waals surface area contributed by atoms with Gasteiger partial charge in [-0.15, -0.1) is 0 Å². The Hall–Kier alpha value is -2.42. The van der Waals surface area contributed by atoms with Crippen molar-refractivity contribution in [2.45, 2.75) is 5.92 Å². The molecule has 0 spiro atoms. The van der Waals surface area contributed by atoms with Crippen LogP contribution in [0.4, 0.5) is 0 Å². The second-order valence-electron chi connectivity index (χ2n) is 4.30. The fourth-order valence-electron chi connectivity index (χ4n) is 2.33. The van der Waals surface area contributed by atoms with Gasteiger partial charge in [0.05, 0.1) is 0 Å². The van der Waals surface area contributed by atoms with Crippen molar-refractivity contribution < 1.29 is 14.7 Å². The molecule has 1 atom stereocenters. The summed E-state index contributed by atoms with van der Waals surface area (Å²) in [5.74, 6) is -1.19. The van der Waals surface area contributed by atoms with Crippen LogP contribution in [0.25, 0.3) is 0 Å². The van der Waals surface area contributed by atoms with Crippen LogP contribution in [0.3, 0.4) is 0 Å². The van der Waals surface area contributed by atoms with Crippen LogP contribution in [0.5, 0.6) is 5.75 Å². The van der Waals surface area contributed by atoms with E-state index in [1.54, 1.807) is 24.3 Å². The highest BCUT2D eigenvalue weighted by atomic mass is 16.3. The van der Waals surface area contributed by atoms with Gasteiger partial charge in [0.25, 0.3) is 0 Å². The first-order valence-electron chi connectivity index (χ1n) is 5.65. The molecule has 3 nitrogen and oxygen atoms in total. The van der Waals surface area contributed by atoms with Crippen molar-refractivity contribution in [1.82, 2.24) is 0 Å². The number of hydrogen-bond donors (Lipinski definition) is 1. The fourth-order valence-corrected chi connectivity index (χ4v) is 2.33. The number of rotatable bonds is 1. The molecule has 0 fully saturated rings. The molecular weight excluding hydrogens is 228 g/mol. The van der Waals surface area contributed by atoms with E-state index in [1.165, 1.54) is 18.2 Å². The van der Waals surface area contributed by atoms with E-state index in [4.69, 9.17) is 0 Å². The second kappa shape index (κ2) is 3.81. The van der Waals surface area contributed by atoms with E-state index in [2.05, 4.69) is 0 Å². The summed E-state index contributed by atoms with van der Waals surface area (Å²) in [5, 5.41) is 9.39. The number of Topliss-reactive ketones (excluding diaryl/α,β-unsaturated/α-hetero) is 2. The largest absolute Gasteiger partial charge is 0.508 e. The summed E-state index contributed by atoms with van der Waals surface area (Å²) in [6.07, 6.45) is 0. The highest BCUT2D eigenvalue weighted by Gasteiger charge is 2.39. The van der Waals surface area contributed by atoms with E-state index in [9.17, 15) is 14.7 Å². The maximum atomic E-state index is 12.2. The second-order valence-corrected chi connectivity index (χ2v) is 4.30. The van der Waals surface area contributed by atoms with Gasteiger partial charge in [0.15, 0.2) is 11.6 Å². The van der Waals surface area contributed by atoms with Crippen LogP contribution in [0, 0.1) is 0 Å². The Balaban J connectivity index is 2.13. The molecule has 1 aliphatic carbocycles. The molecule has 2 aromatic rings. The van der Waals surface area contributed by atoms with Crippen molar-refractivity contribution in [3.63, 3.8) is 0 Å². The van der Waals surface area contributed by atoms with Crippen molar-refractivity contribution >= 4 is 11.6 Å². The minimum absolute atomic E-state index is 0.00334. The summed E-state index contributed by atoms with van der Waals surface area (Å²) in [4.78, 5) is 24.4. The smallest absolute Gasteiger partial charge is 0.178 e. The SMILES string of the molecule is O=C1c2ccc(O)cc2C(=O)C1c1ccccc1. The molecule has 88 valence electrons. The zero-order chi connectivity index (χ0) is 12.7. The van der Waals surface area contributed by atoms with Crippen LogP contribution in [0.2, 0.25) is 0 Å². The predicted octanol–water partition coefficient (Wildman–Crippen LogP) is 2.56. The van der Waals surface area contributed by atoms with E-state index < -0.39 is 5.92 Å². The zero-order valence-electron chi connectivity index (χ0n) is 9.46. The number of carbonyl (C=O) groups is 2. The number of aromatic hydroxyl groups is 1. The lowest BCUT2D eigenvalue weighted by Crippen LogP contribution is -2.12. The molecule has 0 aromatic heterocycles. The first-order valence-corrected chi connectivity index (χ1v) is 5.65. The number of carbonyl (C=O) groups excluding carboxylic acids is 2. The van der Waals surface area contributed by atoms with Crippen LogP contribution in [-0.2, 0) is 0 Å². The monoisotopic (exact) mass is 238 g/mol. The molecule has 0 amide bonds. The van der Waals surface area contributed by atoms with E-state index in [-0.39, 0.29) is 17.3 Å². The highest BCUT2D eigenvalue weighted by molar-refractivity contribution is 6.29. The van der Waals surface area contributed by atoms with Crippen LogP contribution >= 0.6 is 0 Å². The standard InChI is InChI=1S/C15H10O3/c16-10-6-7-11-12(8-10)15(18)13(14(11)17)9-4-2-1-3-5-9/h1-8,13,16H. The van der Waals surface area contributed by atoms with E-state index in [0.717, 1.165) is 0 Å². The molecule has 0 aliphatic heterocycles. The molecule has 3 rings (SSSR count). The molecule has 2 aromatic carbocycles. The quantitative estimate of drug-likeness (QED) is 0.777. The number of hydrogen-bond acceptors (Lipinski definition) is 3. The third-order valence-corrected chi connectivity index (χ3v) is 3.19. The Morgan fingerprint density at radius 3 is 2.22 bits per heavy atom. The number of fused-ring (bicyclic) bond motifs is 1. The average molecular weight is 238 g/mol. The third-order valence-electron chi connectivity index (χ3n) is 3.19. The molecule has 18 heavy (non-hydrogen) atoms. The molecule has 0 saturated carbocycles. The molecule has 3 heteroatoms. The fraction of sp³-hybridized carbons (Fsp3) is 0.0667. The predicted molar refractivity (Wildman–Crippen MR) is 66.0 cm³/mol. The first-order chi connectivity index (χ1) is 8.68. The number of phenolic OH excluding ortho intramolecular Hbond substituents is 1. The normalized spacial score (nSPS) is 17.9. The molecule has 0 heterocycles. The lowest BCUT2D eigenvalue weighted by molar-refractivity contribution is 0.0890. The van der Waals surface area contributed by atoms with Crippen molar-refractivity contribution in [3.8, 4) is 5.75 Å². The van der Waals surface area contributed by atoms with E-state index in [0.29, 0.717) is 16.7 Å². The maximum absolute atomic E-state index is 12.2. The van der Waals surface area contributed by atoms with Crippen molar-refractivity contribution in [2.75, 3.05) is 0 Å². The summed E-state index contributed by atoms with van der Waals surface area (Å²) in [6.45, 7) is 0. The first kappa shape index (κ1) is 10.7. The van der Waals surface area contributed by atoms with Gasteiger partial charge in [0, 0.05) is 11.1 Å². The zero-order valence-corrected chi connectivity index (χ0v) is 9.46. The van der Waals surface area contributed by atoms with Gasteiger partial charge < -0.3 is 5.11 Å². The van der Waals surface area contributed by atoms with Crippen molar-refractivity contribution in [1.29, 1.82) is 0 Å². The molecule has 0 saturated heterocycles. The molecule has 0 radical (unpaired) electrons. The van der Waals surface area contributed by atoms with Gasteiger partial charge in [-0.2, -0.15) is 0 Å². The van der Waals surface area contributed by atoms with Gasteiger partial charge in [-0.1, -0.05) is 30.3 Å². The van der Waals surface area contributed by atoms with Gasteiger partial charge in [-0.25, -0.2) is 0 Å². The van der Waals surface area contributed by atoms with Crippen LogP contribution in [0.1, 0.15) is 32.2 Å². The van der Waals surface area contributed by atoms with E-state index in [1.807, 2.05) is 6.07 Å². The molecule has 1 aliphatic rings. The third kappa shape index (κ3) is 1.44. The topological polar surface area (TPSA) is 54.4 Å². The Kier molecular flexibility index (Phi) is 2.27. The number of ketones is 2. The van der Waals surface area contributed by atoms with E-state index >= 15 is 0 Å². The Labute approximate surface area is 104 Å². The molecule has 1 unspecified atom stereocenters. The van der Waals surface area contributed by atoms with Crippen molar-refractivity contribution in [2.24, 2.45) is 0 Å². The summed E-state index contributed by atoms with van der Waals surface area (Å²) < 4.78 is 0. The minimum atomic E-state index is -0.761. The lowest BCUT2D eigenvalue weighted by Gasteiger charge is -2.05. The lowest BCUT2D eigenvalue weighted by atomic mass is 9.94. The van der Waals surface area contributed by atoms with Crippen LogP contribution in [0.15, 0.2) is 48.5 Å². The number of phenols is 1. The van der Waals surface area contributed by atoms with Crippen LogP contribution < -0.4 is 0 Å². The summed E-state index contributed by atoms with van der Waals surface area (Å²) in [7, 11) is 0. The van der Waals surface area contributed by atoms with Gasteiger partial charge in [0.1, 0.15) is 11.7 Å². The van der Waals surface area contributed by atoms with Crippen LogP contribution in [-0.4, -0.2) is 16.7 Å². The summed E-state index contributed by atoms with van der Waals surface area (Å²) in [5.41, 5.74) is 1.41. The van der Waals surface area contributed by atoms with Gasteiger partial charge in [-0.05, 0) is 23.8 Å². The molecule has 0 bridgehead atoms. The van der Waals surface area contributed by atoms with Gasteiger partial charge in [0.2, 0.25) is 0 Å². The Morgan fingerprint density at radius 2 is 1.50 bits per heavy atom. The average Bonchev–Trinajstić information content (AvgIpc) is 2.63. The summed E-state index contributed by atoms with van der Waals surface area (Å²) >= 11 is 0. The maximum Gasteiger partial charge on any atom is 0.178 e. The van der Waals surface area contributed by atoms with Gasteiger partial charge >= 0.3 is 0 Å². The summed E-state index contributed by atoms with van der Waals surface area (Å²) in [6, 6.07) is 13.3. The Morgan fingerprint density at radius 1 is 0.833 bits per heavy atom. The molecule has 1 N–H and O–H groups in total. The molecular formula is C15H10O3. The van der Waals surface area contributed by atoms with Gasteiger partial charge in [-0.3, -0.25) is 9.59 Å². The minimum Gasteiger partial charge on any atom is -0.508 e.